The van der Waals surface area contributed by atoms with Gasteiger partial charge in [-0.25, -0.2) is 0 Å². The molecule has 0 spiro atoms. The number of hydrogen-bond donors (Lipinski definition) is 1. The highest BCUT2D eigenvalue weighted by Gasteiger charge is 2.30. The Morgan fingerprint density at radius 2 is 1.57 bits per heavy atom. The predicted octanol–water partition coefficient (Wildman–Crippen LogP) is 3.15. The van der Waals surface area contributed by atoms with Crippen molar-refractivity contribution in [3.63, 3.8) is 0 Å². The van der Waals surface area contributed by atoms with Gasteiger partial charge in [0.1, 0.15) is 0 Å². The Bertz CT molecular complexity index is 740. The highest BCUT2D eigenvalue weighted by atomic mass is 16.2. The summed E-state index contributed by atoms with van der Waals surface area (Å²) < 4.78 is 0. The summed E-state index contributed by atoms with van der Waals surface area (Å²) in [4.78, 5) is 41.3. The SMILES string of the molecule is CC(C)(C)C(=O)Nc1cccc(C(=O)N2CCN(C(=O)C3CCCC3)CC2)c1. The maximum atomic E-state index is 12.9. The Morgan fingerprint density at radius 3 is 2.18 bits per heavy atom. The lowest BCUT2D eigenvalue weighted by Gasteiger charge is -2.36. The van der Waals surface area contributed by atoms with Crippen LogP contribution in [0.5, 0.6) is 0 Å². The maximum Gasteiger partial charge on any atom is 0.254 e. The van der Waals surface area contributed by atoms with Crippen LogP contribution in [0.2, 0.25) is 0 Å². The molecule has 28 heavy (non-hydrogen) atoms. The minimum atomic E-state index is -0.498. The molecule has 2 aliphatic rings. The molecule has 6 heteroatoms. The second-order valence-electron chi connectivity index (χ2n) is 8.88. The van der Waals surface area contributed by atoms with E-state index in [2.05, 4.69) is 5.32 Å². The topological polar surface area (TPSA) is 69.7 Å². The standard InChI is InChI=1S/C22H31N3O3/c1-22(2,3)21(28)23-18-10-6-9-17(15-18)20(27)25-13-11-24(12-14-25)19(26)16-7-4-5-8-16/h6,9-10,15-16H,4-5,7-8,11-14H2,1-3H3,(H,23,28). The summed E-state index contributed by atoms with van der Waals surface area (Å²) in [6, 6.07) is 7.07. The van der Waals surface area contributed by atoms with Crippen molar-refractivity contribution < 1.29 is 14.4 Å². The second-order valence-corrected chi connectivity index (χ2v) is 8.88. The molecule has 0 unspecified atom stereocenters. The van der Waals surface area contributed by atoms with Gasteiger partial charge in [-0.2, -0.15) is 0 Å². The Balaban J connectivity index is 1.58. The molecule has 1 aromatic rings. The van der Waals surface area contributed by atoms with Gasteiger partial charge in [-0.1, -0.05) is 39.7 Å². The van der Waals surface area contributed by atoms with Gasteiger partial charge in [-0.3, -0.25) is 14.4 Å². The summed E-state index contributed by atoms with van der Waals surface area (Å²) in [5.74, 6) is 0.304. The summed E-state index contributed by atoms with van der Waals surface area (Å²) >= 11 is 0. The fourth-order valence-electron chi connectivity index (χ4n) is 3.79. The normalized spacial score (nSPS) is 18.2. The quantitative estimate of drug-likeness (QED) is 0.869. The minimum absolute atomic E-state index is 0.0557. The van der Waals surface area contributed by atoms with Crippen LogP contribution in [0.15, 0.2) is 24.3 Å². The molecule has 2 fully saturated rings. The molecule has 1 N–H and O–H groups in total. The van der Waals surface area contributed by atoms with Crippen LogP contribution >= 0.6 is 0 Å². The molecular formula is C22H31N3O3. The number of anilines is 1. The fraction of sp³-hybridized carbons (Fsp3) is 0.591. The van der Waals surface area contributed by atoms with Gasteiger partial charge in [0.15, 0.2) is 0 Å². The van der Waals surface area contributed by atoms with Crippen molar-refractivity contribution in [3.05, 3.63) is 29.8 Å². The van der Waals surface area contributed by atoms with E-state index in [0.717, 1.165) is 25.7 Å². The first kappa shape index (κ1) is 20.4. The van der Waals surface area contributed by atoms with E-state index in [1.165, 1.54) is 0 Å². The summed E-state index contributed by atoms with van der Waals surface area (Å²) in [6.45, 7) is 7.85. The van der Waals surface area contributed by atoms with Crippen LogP contribution in [0.3, 0.4) is 0 Å². The van der Waals surface area contributed by atoms with Gasteiger partial charge >= 0.3 is 0 Å². The van der Waals surface area contributed by atoms with E-state index in [9.17, 15) is 14.4 Å². The summed E-state index contributed by atoms with van der Waals surface area (Å²) in [7, 11) is 0. The number of benzene rings is 1. The van der Waals surface area contributed by atoms with E-state index in [1.54, 1.807) is 29.2 Å². The molecule has 1 aromatic carbocycles. The van der Waals surface area contributed by atoms with Crippen LogP contribution < -0.4 is 5.32 Å². The van der Waals surface area contributed by atoms with Crippen molar-refractivity contribution in [3.8, 4) is 0 Å². The van der Waals surface area contributed by atoms with Gasteiger partial charge < -0.3 is 15.1 Å². The average Bonchev–Trinajstić information content (AvgIpc) is 3.21. The molecule has 0 bridgehead atoms. The Morgan fingerprint density at radius 1 is 0.964 bits per heavy atom. The first-order chi connectivity index (χ1) is 13.3. The lowest BCUT2D eigenvalue weighted by atomic mass is 9.95. The second kappa shape index (κ2) is 8.33. The van der Waals surface area contributed by atoms with Crippen molar-refractivity contribution in [2.24, 2.45) is 11.3 Å². The number of carbonyl (C=O) groups is 3. The third-order valence-electron chi connectivity index (χ3n) is 5.63. The minimum Gasteiger partial charge on any atom is -0.339 e. The Labute approximate surface area is 167 Å². The molecular weight excluding hydrogens is 354 g/mol. The first-order valence-electron chi connectivity index (χ1n) is 10.3. The molecule has 0 aromatic heterocycles. The number of rotatable bonds is 3. The van der Waals surface area contributed by atoms with Gasteiger partial charge in [0.2, 0.25) is 11.8 Å². The average molecular weight is 386 g/mol. The molecule has 0 atom stereocenters. The van der Waals surface area contributed by atoms with Crippen LogP contribution in [0.1, 0.15) is 56.8 Å². The number of nitrogens with zero attached hydrogens (tertiary/aromatic N) is 2. The van der Waals surface area contributed by atoms with Crippen LogP contribution in [-0.4, -0.2) is 53.7 Å². The van der Waals surface area contributed by atoms with Crippen LogP contribution in [-0.2, 0) is 9.59 Å². The zero-order valence-corrected chi connectivity index (χ0v) is 17.2. The van der Waals surface area contributed by atoms with Crippen LogP contribution in [0.25, 0.3) is 0 Å². The number of carbonyl (C=O) groups excluding carboxylic acids is 3. The van der Waals surface area contributed by atoms with E-state index in [1.807, 2.05) is 25.7 Å². The van der Waals surface area contributed by atoms with Crippen LogP contribution in [0, 0.1) is 11.3 Å². The van der Waals surface area contributed by atoms with Gasteiger partial charge in [-0.05, 0) is 31.0 Å². The number of nitrogens with one attached hydrogen (secondary N) is 1. The molecule has 152 valence electrons. The van der Waals surface area contributed by atoms with E-state index < -0.39 is 5.41 Å². The Hall–Kier alpha value is -2.37. The number of amides is 3. The smallest absolute Gasteiger partial charge is 0.254 e. The lowest BCUT2D eigenvalue weighted by Crippen LogP contribution is -2.51. The monoisotopic (exact) mass is 385 g/mol. The van der Waals surface area contributed by atoms with Gasteiger partial charge in [0.25, 0.3) is 5.91 Å². The summed E-state index contributed by atoms with van der Waals surface area (Å²) in [5, 5.41) is 2.87. The zero-order valence-electron chi connectivity index (χ0n) is 17.2. The van der Waals surface area contributed by atoms with Crippen molar-refractivity contribution in [1.82, 2.24) is 9.80 Å². The highest BCUT2D eigenvalue weighted by Crippen LogP contribution is 2.27. The van der Waals surface area contributed by atoms with Gasteiger partial charge in [-0.15, -0.1) is 0 Å². The van der Waals surface area contributed by atoms with Crippen molar-refractivity contribution >= 4 is 23.4 Å². The van der Waals surface area contributed by atoms with Crippen molar-refractivity contribution in [1.29, 1.82) is 0 Å². The zero-order chi connectivity index (χ0) is 20.3. The molecule has 1 aliphatic carbocycles. The van der Waals surface area contributed by atoms with Gasteiger partial charge in [0, 0.05) is 48.8 Å². The molecule has 1 heterocycles. The molecule has 1 aliphatic heterocycles. The number of piperazine rings is 1. The molecule has 0 radical (unpaired) electrons. The molecule has 3 rings (SSSR count). The summed E-state index contributed by atoms with van der Waals surface area (Å²) in [5.41, 5.74) is 0.686. The van der Waals surface area contributed by atoms with E-state index in [0.29, 0.717) is 37.4 Å². The third-order valence-corrected chi connectivity index (χ3v) is 5.63. The maximum absolute atomic E-state index is 12.9. The number of hydrogen-bond acceptors (Lipinski definition) is 3. The lowest BCUT2D eigenvalue weighted by molar-refractivity contribution is -0.136. The van der Waals surface area contributed by atoms with Gasteiger partial charge in [0.05, 0.1) is 0 Å². The largest absolute Gasteiger partial charge is 0.339 e. The predicted molar refractivity (Wildman–Crippen MR) is 109 cm³/mol. The summed E-state index contributed by atoms with van der Waals surface area (Å²) in [6.07, 6.45) is 4.31. The van der Waals surface area contributed by atoms with E-state index in [-0.39, 0.29) is 23.6 Å². The Kier molecular flexibility index (Phi) is 6.06. The van der Waals surface area contributed by atoms with Crippen LogP contribution in [0.4, 0.5) is 5.69 Å². The molecule has 6 nitrogen and oxygen atoms in total. The van der Waals surface area contributed by atoms with E-state index in [4.69, 9.17) is 0 Å². The van der Waals surface area contributed by atoms with E-state index >= 15 is 0 Å². The van der Waals surface area contributed by atoms with Crippen molar-refractivity contribution in [2.75, 3.05) is 31.5 Å². The highest BCUT2D eigenvalue weighted by molar-refractivity contribution is 5.98. The fourth-order valence-corrected chi connectivity index (χ4v) is 3.79. The molecule has 1 saturated heterocycles. The third kappa shape index (κ3) is 4.72. The first-order valence-corrected chi connectivity index (χ1v) is 10.3. The molecule has 1 saturated carbocycles. The molecule has 3 amide bonds. The van der Waals surface area contributed by atoms with Crippen molar-refractivity contribution in [2.45, 2.75) is 46.5 Å².